The molecule has 2 aliphatic heterocycles. The molecule has 2 heterocycles. The Balaban J connectivity index is 1.53. The number of halogens is 1. The van der Waals surface area contributed by atoms with Crippen LogP contribution in [0, 0.1) is 6.92 Å². The number of hydrogen-bond acceptors (Lipinski definition) is 3. The van der Waals surface area contributed by atoms with Crippen LogP contribution in [-0.2, 0) is 11.3 Å². The Bertz CT molecular complexity index is 791. The van der Waals surface area contributed by atoms with Crippen LogP contribution in [0.5, 0.6) is 0 Å². The number of aryl methyl sites for hydroxylation is 1. The molecule has 2 aliphatic rings. The molecule has 3 atom stereocenters. The summed E-state index contributed by atoms with van der Waals surface area (Å²) < 4.78 is 1.04. The van der Waals surface area contributed by atoms with Crippen LogP contribution in [0.2, 0.25) is 0 Å². The van der Waals surface area contributed by atoms with Gasteiger partial charge in [-0.25, -0.2) is 0 Å². The van der Waals surface area contributed by atoms with Crippen molar-refractivity contribution in [2.75, 3.05) is 19.7 Å². The average molecular weight is 415 g/mol. The van der Waals surface area contributed by atoms with Crippen molar-refractivity contribution in [3.8, 4) is 0 Å². The van der Waals surface area contributed by atoms with Gasteiger partial charge < -0.3 is 10.0 Å². The van der Waals surface area contributed by atoms with E-state index < -0.39 is 0 Å². The van der Waals surface area contributed by atoms with Crippen LogP contribution in [0.15, 0.2) is 53.0 Å². The Labute approximate surface area is 162 Å². The zero-order chi connectivity index (χ0) is 18.3. The summed E-state index contributed by atoms with van der Waals surface area (Å²) in [6.45, 7) is 4.15. The molecule has 136 valence electrons. The number of rotatable bonds is 4. The predicted molar refractivity (Wildman–Crippen MR) is 105 cm³/mol. The summed E-state index contributed by atoms with van der Waals surface area (Å²) in [4.78, 5) is 16.8. The molecular weight excluding hydrogens is 392 g/mol. The van der Waals surface area contributed by atoms with Gasteiger partial charge in [0.05, 0.1) is 25.2 Å². The van der Waals surface area contributed by atoms with Crippen molar-refractivity contribution >= 4 is 21.8 Å². The molecular formula is C21H23BrN2O2. The van der Waals surface area contributed by atoms with Crippen LogP contribution in [0.3, 0.4) is 0 Å². The zero-order valence-corrected chi connectivity index (χ0v) is 16.4. The van der Waals surface area contributed by atoms with E-state index in [4.69, 9.17) is 0 Å². The van der Waals surface area contributed by atoms with Gasteiger partial charge in [0.25, 0.3) is 0 Å². The standard InChI is InChI=1S/C21H23BrN2O2/c1-14-2-4-15(5-3-14)10-23-11-18-21(16-6-8-17(22)9-7-16)19(13-25)24(18)20(26)12-23/h2-9,18-19,21,25H,10-13H2,1H3/t18-,19+,21-/m0/s1. The normalized spacial score (nSPS) is 25.7. The van der Waals surface area contributed by atoms with E-state index in [9.17, 15) is 9.90 Å². The number of hydrogen-bond donors (Lipinski definition) is 1. The molecule has 2 saturated heterocycles. The summed E-state index contributed by atoms with van der Waals surface area (Å²) >= 11 is 3.47. The lowest BCUT2D eigenvalue weighted by Crippen LogP contribution is -2.72. The maximum atomic E-state index is 12.7. The minimum Gasteiger partial charge on any atom is -0.394 e. The van der Waals surface area contributed by atoms with Gasteiger partial charge in [-0.2, -0.15) is 0 Å². The Morgan fingerprint density at radius 2 is 1.81 bits per heavy atom. The maximum absolute atomic E-state index is 12.7. The number of carbonyl (C=O) groups is 1. The largest absolute Gasteiger partial charge is 0.394 e. The maximum Gasteiger partial charge on any atom is 0.237 e. The van der Waals surface area contributed by atoms with Crippen molar-refractivity contribution in [2.45, 2.75) is 31.5 Å². The van der Waals surface area contributed by atoms with Crippen LogP contribution < -0.4 is 0 Å². The van der Waals surface area contributed by atoms with Crippen LogP contribution in [-0.4, -0.2) is 52.6 Å². The van der Waals surface area contributed by atoms with Crippen LogP contribution >= 0.6 is 15.9 Å². The van der Waals surface area contributed by atoms with Gasteiger partial charge in [-0.1, -0.05) is 57.9 Å². The predicted octanol–water partition coefficient (Wildman–Crippen LogP) is 2.93. The minimum absolute atomic E-state index is 0.0148. The molecule has 2 fully saturated rings. The molecule has 0 unspecified atom stereocenters. The first-order valence-corrected chi connectivity index (χ1v) is 9.81. The molecule has 4 rings (SSSR count). The Morgan fingerprint density at radius 1 is 1.12 bits per heavy atom. The number of aliphatic hydroxyl groups excluding tert-OH is 1. The van der Waals surface area contributed by atoms with E-state index in [0.717, 1.165) is 17.6 Å². The monoisotopic (exact) mass is 414 g/mol. The van der Waals surface area contributed by atoms with E-state index in [1.165, 1.54) is 16.7 Å². The van der Waals surface area contributed by atoms with Crippen LogP contribution in [0.4, 0.5) is 0 Å². The van der Waals surface area contributed by atoms with Crippen molar-refractivity contribution in [3.63, 3.8) is 0 Å². The van der Waals surface area contributed by atoms with E-state index in [0.29, 0.717) is 6.54 Å². The molecule has 0 bridgehead atoms. The summed E-state index contributed by atoms with van der Waals surface area (Å²) in [6, 6.07) is 16.8. The molecule has 4 nitrogen and oxygen atoms in total. The van der Waals surface area contributed by atoms with Gasteiger partial charge in [0, 0.05) is 23.5 Å². The minimum atomic E-state index is -0.102. The van der Waals surface area contributed by atoms with E-state index in [-0.39, 0.29) is 30.5 Å². The number of benzene rings is 2. The molecule has 5 heteroatoms. The van der Waals surface area contributed by atoms with Crippen molar-refractivity contribution in [3.05, 3.63) is 69.7 Å². The third-order valence-electron chi connectivity index (χ3n) is 5.60. The molecule has 1 N–H and O–H groups in total. The SMILES string of the molecule is Cc1ccc(CN2CC(=O)N3[C@H](CO)[C@@H](c4ccc(Br)cc4)[C@@H]3C2)cc1. The Kier molecular flexibility index (Phi) is 4.86. The lowest BCUT2D eigenvalue weighted by Gasteiger charge is -2.59. The van der Waals surface area contributed by atoms with E-state index in [1.807, 2.05) is 17.0 Å². The highest BCUT2D eigenvalue weighted by Crippen LogP contribution is 2.43. The molecule has 0 radical (unpaired) electrons. The highest BCUT2D eigenvalue weighted by Gasteiger charge is 2.53. The second-order valence-corrected chi connectivity index (χ2v) is 8.27. The first-order chi connectivity index (χ1) is 12.6. The number of nitrogens with zero attached hydrogens (tertiary/aromatic N) is 2. The molecule has 2 aromatic carbocycles. The number of fused-ring (bicyclic) bond motifs is 1. The van der Waals surface area contributed by atoms with Crippen molar-refractivity contribution in [1.82, 2.24) is 9.80 Å². The number of amides is 1. The van der Waals surface area contributed by atoms with Gasteiger partial charge in [-0.3, -0.25) is 9.69 Å². The Hall–Kier alpha value is -1.69. The lowest BCUT2D eigenvalue weighted by molar-refractivity contribution is -0.162. The van der Waals surface area contributed by atoms with E-state index in [1.54, 1.807) is 0 Å². The molecule has 0 aliphatic carbocycles. The smallest absolute Gasteiger partial charge is 0.237 e. The van der Waals surface area contributed by atoms with Crippen molar-refractivity contribution in [2.24, 2.45) is 0 Å². The van der Waals surface area contributed by atoms with Gasteiger partial charge in [0.15, 0.2) is 0 Å². The van der Waals surface area contributed by atoms with Gasteiger partial charge in [0.2, 0.25) is 5.91 Å². The summed E-state index contributed by atoms with van der Waals surface area (Å²) in [5, 5.41) is 9.84. The van der Waals surface area contributed by atoms with Gasteiger partial charge >= 0.3 is 0 Å². The molecule has 0 saturated carbocycles. The average Bonchev–Trinajstić information content (AvgIpc) is 2.61. The summed E-state index contributed by atoms with van der Waals surface area (Å²) in [7, 11) is 0. The van der Waals surface area contributed by atoms with Crippen molar-refractivity contribution in [1.29, 1.82) is 0 Å². The van der Waals surface area contributed by atoms with Gasteiger partial charge in [-0.15, -0.1) is 0 Å². The van der Waals surface area contributed by atoms with Crippen LogP contribution in [0.1, 0.15) is 22.6 Å². The lowest BCUT2D eigenvalue weighted by atomic mass is 9.74. The number of carbonyl (C=O) groups excluding carboxylic acids is 1. The first kappa shape index (κ1) is 17.7. The van der Waals surface area contributed by atoms with Crippen molar-refractivity contribution < 1.29 is 9.90 Å². The molecule has 26 heavy (non-hydrogen) atoms. The van der Waals surface area contributed by atoms with Gasteiger partial charge in [0.1, 0.15) is 0 Å². The third-order valence-corrected chi connectivity index (χ3v) is 6.13. The summed E-state index contributed by atoms with van der Waals surface area (Å²) in [5.41, 5.74) is 3.67. The second-order valence-electron chi connectivity index (χ2n) is 7.35. The van der Waals surface area contributed by atoms with Crippen LogP contribution in [0.25, 0.3) is 0 Å². The number of piperazine rings is 1. The fourth-order valence-corrected chi connectivity index (χ4v) is 4.59. The molecule has 0 aromatic heterocycles. The Morgan fingerprint density at radius 3 is 2.46 bits per heavy atom. The fraction of sp³-hybridized carbons (Fsp3) is 0.381. The number of aliphatic hydroxyl groups is 1. The fourth-order valence-electron chi connectivity index (χ4n) is 4.32. The second kappa shape index (κ2) is 7.14. The quantitative estimate of drug-likeness (QED) is 0.836. The third kappa shape index (κ3) is 3.20. The molecule has 1 amide bonds. The summed E-state index contributed by atoms with van der Waals surface area (Å²) in [5.74, 6) is 0.318. The molecule has 2 aromatic rings. The topological polar surface area (TPSA) is 43.8 Å². The zero-order valence-electron chi connectivity index (χ0n) is 14.8. The van der Waals surface area contributed by atoms with Gasteiger partial charge in [-0.05, 0) is 30.2 Å². The van der Waals surface area contributed by atoms with E-state index >= 15 is 0 Å². The highest BCUT2D eigenvalue weighted by molar-refractivity contribution is 9.10. The highest BCUT2D eigenvalue weighted by atomic mass is 79.9. The first-order valence-electron chi connectivity index (χ1n) is 9.02. The van der Waals surface area contributed by atoms with E-state index in [2.05, 4.69) is 64.2 Å². The summed E-state index contributed by atoms with van der Waals surface area (Å²) in [6.07, 6.45) is 0. The molecule has 0 spiro atoms.